The van der Waals surface area contributed by atoms with Gasteiger partial charge in [0.15, 0.2) is 0 Å². The average Bonchev–Trinajstić information content (AvgIpc) is 2.47. The molecule has 0 heterocycles. The van der Waals surface area contributed by atoms with Crippen LogP contribution in [0.4, 0.5) is 0 Å². The minimum Gasteiger partial charge on any atom is -0.489 e. The van der Waals surface area contributed by atoms with E-state index < -0.39 is 0 Å². The van der Waals surface area contributed by atoms with Crippen molar-refractivity contribution in [3.63, 3.8) is 0 Å². The van der Waals surface area contributed by atoms with Crippen LogP contribution in [0.3, 0.4) is 0 Å². The van der Waals surface area contributed by atoms with Gasteiger partial charge in [-0.1, -0.05) is 49.4 Å². The Morgan fingerprint density at radius 3 is 2.30 bits per heavy atom. The summed E-state index contributed by atoms with van der Waals surface area (Å²) in [6, 6.07) is 17.8. The molecule has 2 aromatic carbocycles. The summed E-state index contributed by atoms with van der Waals surface area (Å²) in [5, 5.41) is 0. The lowest BCUT2D eigenvalue weighted by atomic mass is 10.0. The van der Waals surface area contributed by atoms with E-state index in [4.69, 9.17) is 10.5 Å². The third-order valence-corrected chi connectivity index (χ3v) is 3.20. The van der Waals surface area contributed by atoms with Crippen molar-refractivity contribution in [1.29, 1.82) is 0 Å². The van der Waals surface area contributed by atoms with Crippen molar-refractivity contribution in [3.05, 3.63) is 65.7 Å². The van der Waals surface area contributed by atoms with Crippen molar-refractivity contribution in [2.24, 2.45) is 11.7 Å². The van der Waals surface area contributed by atoms with Crippen molar-refractivity contribution >= 4 is 5.91 Å². The molecule has 3 heteroatoms. The SMILES string of the molecule is CC(Cc1ccc(OCc2ccccc2)cc1)C(N)=O. The van der Waals surface area contributed by atoms with E-state index in [2.05, 4.69) is 0 Å². The van der Waals surface area contributed by atoms with Gasteiger partial charge in [-0.25, -0.2) is 0 Å². The Balaban J connectivity index is 1.90. The molecule has 2 N–H and O–H groups in total. The summed E-state index contributed by atoms with van der Waals surface area (Å²) in [6.07, 6.45) is 0.661. The first-order valence-corrected chi connectivity index (χ1v) is 6.70. The fourth-order valence-corrected chi connectivity index (χ4v) is 1.92. The summed E-state index contributed by atoms with van der Waals surface area (Å²) < 4.78 is 5.71. The van der Waals surface area contributed by atoms with Crippen LogP contribution in [-0.2, 0) is 17.8 Å². The molecule has 0 aromatic heterocycles. The minimum atomic E-state index is -0.269. The zero-order valence-corrected chi connectivity index (χ0v) is 11.6. The van der Waals surface area contributed by atoms with Crippen molar-refractivity contribution < 1.29 is 9.53 Å². The first kappa shape index (κ1) is 14.1. The van der Waals surface area contributed by atoms with E-state index in [0.29, 0.717) is 13.0 Å². The van der Waals surface area contributed by atoms with Crippen LogP contribution in [0.5, 0.6) is 5.75 Å². The molecule has 2 aromatic rings. The molecule has 20 heavy (non-hydrogen) atoms. The summed E-state index contributed by atoms with van der Waals surface area (Å²) in [6.45, 7) is 2.39. The van der Waals surface area contributed by atoms with Crippen molar-refractivity contribution in [1.82, 2.24) is 0 Å². The molecule has 1 unspecified atom stereocenters. The molecule has 3 nitrogen and oxygen atoms in total. The zero-order valence-electron chi connectivity index (χ0n) is 11.6. The standard InChI is InChI=1S/C17H19NO2/c1-13(17(18)19)11-14-7-9-16(10-8-14)20-12-15-5-3-2-4-6-15/h2-10,13H,11-12H2,1H3,(H2,18,19). The van der Waals surface area contributed by atoms with E-state index in [1.807, 2.05) is 61.5 Å². The predicted octanol–water partition coefficient (Wildman–Crippen LogP) is 2.93. The Kier molecular flexibility index (Phi) is 4.77. The van der Waals surface area contributed by atoms with Gasteiger partial charge in [-0.3, -0.25) is 4.79 Å². The second-order valence-electron chi connectivity index (χ2n) is 4.93. The highest BCUT2D eigenvalue weighted by Gasteiger charge is 2.09. The molecule has 0 saturated heterocycles. The van der Waals surface area contributed by atoms with Crippen LogP contribution in [0.15, 0.2) is 54.6 Å². The molecule has 2 rings (SSSR count). The van der Waals surface area contributed by atoms with Gasteiger partial charge in [0, 0.05) is 5.92 Å². The van der Waals surface area contributed by atoms with Crippen LogP contribution in [0.1, 0.15) is 18.1 Å². The Labute approximate surface area is 119 Å². The van der Waals surface area contributed by atoms with Gasteiger partial charge < -0.3 is 10.5 Å². The Morgan fingerprint density at radius 1 is 1.05 bits per heavy atom. The van der Waals surface area contributed by atoms with Crippen molar-refractivity contribution in [3.8, 4) is 5.75 Å². The molecule has 1 amide bonds. The number of hydrogen-bond donors (Lipinski definition) is 1. The summed E-state index contributed by atoms with van der Waals surface area (Å²) in [7, 11) is 0. The van der Waals surface area contributed by atoms with Crippen LogP contribution in [0, 0.1) is 5.92 Å². The van der Waals surface area contributed by atoms with Crippen LogP contribution in [-0.4, -0.2) is 5.91 Å². The highest BCUT2D eigenvalue weighted by Crippen LogP contribution is 2.16. The highest BCUT2D eigenvalue weighted by molar-refractivity contribution is 5.76. The quantitative estimate of drug-likeness (QED) is 0.876. The van der Waals surface area contributed by atoms with E-state index in [0.717, 1.165) is 16.9 Å². The molecular formula is C17H19NO2. The highest BCUT2D eigenvalue weighted by atomic mass is 16.5. The maximum Gasteiger partial charge on any atom is 0.220 e. The van der Waals surface area contributed by atoms with Gasteiger partial charge in [-0.2, -0.15) is 0 Å². The lowest BCUT2D eigenvalue weighted by Crippen LogP contribution is -2.22. The summed E-state index contributed by atoms with van der Waals surface area (Å²) >= 11 is 0. The van der Waals surface area contributed by atoms with Gasteiger partial charge in [-0.05, 0) is 29.7 Å². The molecule has 0 aliphatic carbocycles. The number of primary amides is 1. The van der Waals surface area contributed by atoms with Crippen molar-refractivity contribution in [2.75, 3.05) is 0 Å². The number of benzene rings is 2. The summed E-state index contributed by atoms with van der Waals surface area (Å²) in [4.78, 5) is 11.0. The normalized spacial score (nSPS) is 11.8. The van der Waals surface area contributed by atoms with Crippen LogP contribution < -0.4 is 10.5 Å². The Hall–Kier alpha value is -2.29. The molecule has 0 radical (unpaired) electrons. The van der Waals surface area contributed by atoms with Crippen LogP contribution in [0.25, 0.3) is 0 Å². The van der Waals surface area contributed by atoms with E-state index in [-0.39, 0.29) is 11.8 Å². The van der Waals surface area contributed by atoms with E-state index in [9.17, 15) is 4.79 Å². The summed E-state index contributed by atoms with van der Waals surface area (Å²) in [5.41, 5.74) is 7.49. The van der Waals surface area contributed by atoms with E-state index in [1.54, 1.807) is 0 Å². The van der Waals surface area contributed by atoms with Gasteiger partial charge in [0.1, 0.15) is 12.4 Å². The molecule has 0 fully saturated rings. The summed E-state index contributed by atoms with van der Waals surface area (Å²) in [5.74, 6) is 0.407. The Morgan fingerprint density at radius 2 is 1.70 bits per heavy atom. The fourth-order valence-electron chi connectivity index (χ4n) is 1.92. The largest absolute Gasteiger partial charge is 0.489 e. The predicted molar refractivity (Wildman–Crippen MR) is 79.3 cm³/mol. The lowest BCUT2D eigenvalue weighted by molar-refractivity contribution is -0.121. The molecule has 0 aliphatic heterocycles. The molecule has 0 bridgehead atoms. The number of carbonyl (C=O) groups is 1. The van der Waals surface area contributed by atoms with Gasteiger partial charge in [-0.15, -0.1) is 0 Å². The fraction of sp³-hybridized carbons (Fsp3) is 0.235. The maximum atomic E-state index is 11.0. The molecule has 0 spiro atoms. The first-order chi connectivity index (χ1) is 9.65. The maximum absolute atomic E-state index is 11.0. The smallest absolute Gasteiger partial charge is 0.220 e. The molecule has 104 valence electrons. The number of nitrogens with two attached hydrogens (primary N) is 1. The Bertz CT molecular complexity index is 549. The molecular weight excluding hydrogens is 250 g/mol. The van der Waals surface area contributed by atoms with Gasteiger partial charge in [0.2, 0.25) is 5.91 Å². The topological polar surface area (TPSA) is 52.3 Å². The average molecular weight is 269 g/mol. The molecule has 0 aliphatic rings. The van der Waals surface area contributed by atoms with Gasteiger partial charge >= 0.3 is 0 Å². The minimum absolute atomic E-state index is 0.147. The first-order valence-electron chi connectivity index (χ1n) is 6.70. The van der Waals surface area contributed by atoms with E-state index in [1.165, 1.54) is 0 Å². The number of amides is 1. The van der Waals surface area contributed by atoms with Crippen LogP contribution >= 0.6 is 0 Å². The van der Waals surface area contributed by atoms with E-state index >= 15 is 0 Å². The number of rotatable bonds is 6. The second kappa shape index (κ2) is 6.75. The zero-order chi connectivity index (χ0) is 14.4. The number of ether oxygens (including phenoxy) is 1. The third kappa shape index (κ3) is 4.12. The molecule has 0 saturated carbocycles. The molecule has 1 atom stereocenters. The second-order valence-corrected chi connectivity index (χ2v) is 4.93. The van der Waals surface area contributed by atoms with Crippen molar-refractivity contribution in [2.45, 2.75) is 20.0 Å². The third-order valence-electron chi connectivity index (χ3n) is 3.20. The number of carbonyl (C=O) groups excluding carboxylic acids is 1. The van der Waals surface area contributed by atoms with Gasteiger partial charge in [0.05, 0.1) is 0 Å². The lowest BCUT2D eigenvalue weighted by Gasteiger charge is -2.09. The monoisotopic (exact) mass is 269 g/mol. The number of hydrogen-bond acceptors (Lipinski definition) is 2. The van der Waals surface area contributed by atoms with Crippen LogP contribution in [0.2, 0.25) is 0 Å². The van der Waals surface area contributed by atoms with Gasteiger partial charge in [0.25, 0.3) is 0 Å².